The molecule has 0 saturated carbocycles. The van der Waals surface area contributed by atoms with Gasteiger partial charge < -0.3 is 25.2 Å². The standard InChI is InChI=1S/C22H28N4O4/c1-23-22(29)17-10-8-16(9-11-17)13-25(2)15-21(28)26(3)14-20(27)24-18-6-5-7-19(12-18)30-4/h5-12H,13-15H2,1-4H3,(H,23,29)(H,24,27)/p+1. The van der Waals surface area contributed by atoms with E-state index in [1.807, 2.05) is 19.2 Å². The highest BCUT2D eigenvalue weighted by molar-refractivity contribution is 5.95. The van der Waals surface area contributed by atoms with Crippen LogP contribution in [0.2, 0.25) is 0 Å². The van der Waals surface area contributed by atoms with E-state index in [4.69, 9.17) is 4.74 Å². The molecule has 3 N–H and O–H groups in total. The van der Waals surface area contributed by atoms with Crippen molar-refractivity contribution in [3.8, 4) is 5.75 Å². The summed E-state index contributed by atoms with van der Waals surface area (Å²) in [7, 11) is 6.67. The highest BCUT2D eigenvalue weighted by atomic mass is 16.5. The summed E-state index contributed by atoms with van der Waals surface area (Å²) in [5, 5.41) is 5.35. The molecule has 1 atom stereocenters. The van der Waals surface area contributed by atoms with Crippen molar-refractivity contribution >= 4 is 23.4 Å². The first kappa shape index (κ1) is 22.9. The highest BCUT2D eigenvalue weighted by Crippen LogP contribution is 2.16. The van der Waals surface area contributed by atoms with Crippen LogP contribution in [0.15, 0.2) is 48.5 Å². The second-order valence-corrected chi connectivity index (χ2v) is 7.12. The minimum absolute atomic E-state index is 0.0376. The number of hydrogen-bond donors (Lipinski definition) is 3. The lowest BCUT2D eigenvalue weighted by atomic mass is 10.1. The summed E-state index contributed by atoms with van der Waals surface area (Å²) in [6, 6.07) is 14.3. The topological polar surface area (TPSA) is 92.2 Å². The summed E-state index contributed by atoms with van der Waals surface area (Å²) in [6.07, 6.45) is 0. The summed E-state index contributed by atoms with van der Waals surface area (Å²) >= 11 is 0. The molecule has 8 nitrogen and oxygen atoms in total. The summed E-state index contributed by atoms with van der Waals surface area (Å²) in [4.78, 5) is 38.7. The molecule has 0 saturated heterocycles. The molecule has 0 spiro atoms. The number of rotatable bonds is 9. The lowest BCUT2D eigenvalue weighted by molar-refractivity contribution is -0.885. The number of quaternary nitrogens is 1. The summed E-state index contributed by atoms with van der Waals surface area (Å²) < 4.78 is 5.13. The molecule has 30 heavy (non-hydrogen) atoms. The van der Waals surface area contributed by atoms with E-state index in [1.165, 1.54) is 4.90 Å². The number of likely N-dealkylation sites (N-methyl/N-ethyl adjacent to an activating group) is 2. The fourth-order valence-corrected chi connectivity index (χ4v) is 2.93. The average molecular weight is 413 g/mol. The van der Waals surface area contributed by atoms with Crippen molar-refractivity contribution in [1.82, 2.24) is 10.2 Å². The number of nitrogens with zero attached hydrogens (tertiary/aromatic N) is 1. The van der Waals surface area contributed by atoms with Gasteiger partial charge in [0.15, 0.2) is 6.54 Å². The number of carbonyl (C=O) groups excluding carboxylic acids is 3. The van der Waals surface area contributed by atoms with Gasteiger partial charge in [-0.3, -0.25) is 14.4 Å². The molecule has 160 valence electrons. The van der Waals surface area contributed by atoms with Crippen molar-refractivity contribution in [3.05, 3.63) is 59.7 Å². The van der Waals surface area contributed by atoms with Crippen molar-refractivity contribution in [1.29, 1.82) is 0 Å². The van der Waals surface area contributed by atoms with E-state index in [0.29, 0.717) is 23.5 Å². The molecule has 0 aliphatic heterocycles. The molecule has 0 heterocycles. The van der Waals surface area contributed by atoms with Crippen molar-refractivity contribution in [2.45, 2.75) is 6.54 Å². The minimum atomic E-state index is -0.276. The Bertz CT molecular complexity index is 883. The number of carbonyl (C=O) groups is 3. The lowest BCUT2D eigenvalue weighted by Gasteiger charge is -2.20. The Kier molecular flexibility index (Phi) is 8.37. The maximum absolute atomic E-state index is 12.5. The van der Waals surface area contributed by atoms with Gasteiger partial charge in [0.1, 0.15) is 12.3 Å². The van der Waals surface area contributed by atoms with Gasteiger partial charge in [-0.25, -0.2) is 0 Å². The van der Waals surface area contributed by atoms with Gasteiger partial charge in [0.05, 0.1) is 20.7 Å². The molecule has 0 radical (unpaired) electrons. The van der Waals surface area contributed by atoms with Gasteiger partial charge in [-0.05, 0) is 24.3 Å². The average Bonchev–Trinajstić information content (AvgIpc) is 2.73. The first-order valence-electron chi connectivity index (χ1n) is 9.62. The summed E-state index contributed by atoms with van der Waals surface area (Å²) in [5.41, 5.74) is 2.23. The van der Waals surface area contributed by atoms with Crippen LogP contribution in [0.4, 0.5) is 5.69 Å². The van der Waals surface area contributed by atoms with E-state index in [-0.39, 0.29) is 30.8 Å². The second-order valence-electron chi connectivity index (χ2n) is 7.12. The number of nitrogens with one attached hydrogen (secondary N) is 3. The van der Waals surface area contributed by atoms with Crippen LogP contribution in [-0.4, -0.2) is 64.0 Å². The zero-order valence-electron chi connectivity index (χ0n) is 17.8. The minimum Gasteiger partial charge on any atom is -0.497 e. The first-order valence-corrected chi connectivity index (χ1v) is 9.62. The smallest absolute Gasteiger partial charge is 0.277 e. The molecule has 8 heteroatoms. The molecule has 3 amide bonds. The molecule has 1 unspecified atom stereocenters. The SMILES string of the molecule is CNC(=O)c1ccc(C[NH+](C)CC(=O)N(C)CC(=O)Nc2cccc(OC)c2)cc1. The fraction of sp³-hybridized carbons (Fsp3) is 0.318. The predicted molar refractivity (Wildman–Crippen MR) is 115 cm³/mol. The Hall–Kier alpha value is -3.39. The van der Waals surface area contributed by atoms with Crippen LogP contribution >= 0.6 is 0 Å². The van der Waals surface area contributed by atoms with E-state index < -0.39 is 0 Å². The van der Waals surface area contributed by atoms with Crippen LogP contribution in [0.1, 0.15) is 15.9 Å². The molecule has 2 aromatic carbocycles. The van der Waals surface area contributed by atoms with Crippen molar-refractivity contribution in [3.63, 3.8) is 0 Å². The van der Waals surface area contributed by atoms with Crippen molar-refractivity contribution in [2.75, 3.05) is 46.7 Å². The quantitative estimate of drug-likeness (QED) is 0.546. The fourth-order valence-electron chi connectivity index (χ4n) is 2.93. The Labute approximate surface area is 176 Å². The van der Waals surface area contributed by atoms with Crippen LogP contribution in [0, 0.1) is 0 Å². The molecule has 0 fully saturated rings. The second kappa shape index (κ2) is 11.0. The van der Waals surface area contributed by atoms with E-state index >= 15 is 0 Å². The zero-order chi connectivity index (χ0) is 22.1. The third-order valence-corrected chi connectivity index (χ3v) is 4.56. The predicted octanol–water partition coefficient (Wildman–Crippen LogP) is 0.167. The lowest BCUT2D eigenvalue weighted by Crippen LogP contribution is -3.08. The Morgan fingerprint density at radius 3 is 2.43 bits per heavy atom. The van der Waals surface area contributed by atoms with Gasteiger partial charge in [-0.15, -0.1) is 0 Å². The normalized spacial score (nSPS) is 11.3. The number of benzene rings is 2. The number of ether oxygens (including phenoxy) is 1. The van der Waals surface area contributed by atoms with E-state index in [1.54, 1.807) is 57.6 Å². The third-order valence-electron chi connectivity index (χ3n) is 4.56. The maximum atomic E-state index is 12.5. The van der Waals surface area contributed by atoms with E-state index in [0.717, 1.165) is 10.5 Å². The van der Waals surface area contributed by atoms with Crippen molar-refractivity contribution in [2.24, 2.45) is 0 Å². The molecular weight excluding hydrogens is 384 g/mol. The van der Waals surface area contributed by atoms with Crippen LogP contribution in [-0.2, 0) is 16.1 Å². The maximum Gasteiger partial charge on any atom is 0.277 e. The van der Waals surface area contributed by atoms with E-state index in [2.05, 4.69) is 10.6 Å². The monoisotopic (exact) mass is 413 g/mol. The Morgan fingerprint density at radius 1 is 1.10 bits per heavy atom. The van der Waals surface area contributed by atoms with Crippen LogP contribution < -0.4 is 20.3 Å². The molecule has 0 bridgehead atoms. The van der Waals surface area contributed by atoms with Crippen molar-refractivity contribution < 1.29 is 24.0 Å². The van der Waals surface area contributed by atoms with Crippen LogP contribution in [0.25, 0.3) is 0 Å². The molecule has 0 aliphatic carbocycles. The number of hydrogen-bond acceptors (Lipinski definition) is 4. The molecule has 0 aromatic heterocycles. The van der Waals surface area contributed by atoms with Gasteiger partial charge in [-0.1, -0.05) is 18.2 Å². The van der Waals surface area contributed by atoms with Gasteiger partial charge in [0, 0.05) is 37.0 Å². The largest absolute Gasteiger partial charge is 0.497 e. The van der Waals surface area contributed by atoms with Gasteiger partial charge in [0.2, 0.25) is 5.91 Å². The van der Waals surface area contributed by atoms with Gasteiger partial charge in [0.25, 0.3) is 11.8 Å². The molecular formula is C22H29N4O4+. The molecule has 2 aromatic rings. The highest BCUT2D eigenvalue weighted by Gasteiger charge is 2.18. The Morgan fingerprint density at radius 2 is 1.80 bits per heavy atom. The summed E-state index contributed by atoms with van der Waals surface area (Å²) in [6.45, 7) is 0.841. The Balaban J connectivity index is 1.82. The zero-order valence-corrected chi connectivity index (χ0v) is 17.8. The number of amides is 3. The van der Waals surface area contributed by atoms with Gasteiger partial charge >= 0.3 is 0 Å². The van der Waals surface area contributed by atoms with Crippen LogP contribution in [0.3, 0.4) is 0 Å². The summed E-state index contributed by atoms with van der Waals surface area (Å²) in [5.74, 6) is 0.105. The van der Waals surface area contributed by atoms with Gasteiger partial charge in [-0.2, -0.15) is 0 Å². The van der Waals surface area contributed by atoms with E-state index in [9.17, 15) is 14.4 Å². The molecule has 2 rings (SSSR count). The first-order chi connectivity index (χ1) is 14.3. The number of methoxy groups -OCH3 is 1. The number of anilines is 1. The van der Waals surface area contributed by atoms with Crippen LogP contribution in [0.5, 0.6) is 5.75 Å². The third kappa shape index (κ3) is 6.89. The molecule has 0 aliphatic rings.